The van der Waals surface area contributed by atoms with Gasteiger partial charge in [0.2, 0.25) is 0 Å². The molecule has 27 heavy (non-hydrogen) atoms. The first-order chi connectivity index (χ1) is 11.6. The van der Waals surface area contributed by atoms with Crippen molar-refractivity contribution in [3.63, 3.8) is 0 Å². The van der Waals surface area contributed by atoms with Gasteiger partial charge in [-0.1, -0.05) is 0 Å². The van der Waals surface area contributed by atoms with Crippen LogP contribution >= 0.6 is 0 Å². The Morgan fingerprint density at radius 1 is 0.963 bits per heavy atom. The molecule has 2 nitrogen and oxygen atoms in total. The van der Waals surface area contributed by atoms with Gasteiger partial charge in [0, 0.05) is 0 Å². The number of carbonyl (C=O) groups is 1. The maximum atomic E-state index is 13.2. The summed E-state index contributed by atoms with van der Waals surface area (Å²) in [6, 6.07) is 4.25. The SMILES string of the molecule is CC1=C(C)C(C)[C]([Hf+2]([NH]C(=O)c2c(C)cc(C)cc2C)[SiH](C)C)=C1C.[Cl-].[Cl-]. The van der Waals surface area contributed by atoms with Gasteiger partial charge in [0.15, 0.2) is 0 Å². The van der Waals surface area contributed by atoms with Crippen molar-refractivity contribution in [1.82, 2.24) is 3.30 Å². The molecule has 1 N–H and O–H groups in total. The van der Waals surface area contributed by atoms with Gasteiger partial charge in [0.05, 0.1) is 0 Å². The molecule has 1 unspecified atom stereocenters. The van der Waals surface area contributed by atoms with Crippen LogP contribution in [0.2, 0.25) is 13.1 Å². The number of carbonyl (C=O) groups excluding carboxylic acids is 1. The number of hydrogen-bond acceptors (Lipinski definition) is 1. The fourth-order valence-electron chi connectivity index (χ4n) is 4.04. The minimum atomic E-state index is -2.34. The minimum Gasteiger partial charge on any atom is -1.00 e. The van der Waals surface area contributed by atoms with E-state index in [1.54, 1.807) is 3.33 Å². The van der Waals surface area contributed by atoms with E-state index in [2.05, 4.69) is 77.0 Å². The molecule has 2 rings (SSSR count). The first-order valence-corrected chi connectivity index (χ1v) is 21.9. The molecular weight excluding hydrogens is 560 g/mol. The molecule has 1 aromatic carbocycles. The van der Waals surface area contributed by atoms with E-state index in [1.807, 2.05) is 0 Å². The summed E-state index contributed by atoms with van der Waals surface area (Å²) < 4.78 is 5.28. The predicted molar refractivity (Wildman–Crippen MR) is 107 cm³/mol. The van der Waals surface area contributed by atoms with Crippen LogP contribution in [0.1, 0.15) is 54.7 Å². The van der Waals surface area contributed by atoms with Gasteiger partial charge in [-0.2, -0.15) is 0 Å². The number of aryl methyl sites for hydroxylation is 3. The van der Waals surface area contributed by atoms with Crippen LogP contribution in [0, 0.1) is 26.7 Å². The Labute approximate surface area is 186 Å². The van der Waals surface area contributed by atoms with E-state index in [4.69, 9.17) is 0 Å². The largest absolute Gasteiger partial charge is 1.00 e. The molecule has 149 valence electrons. The van der Waals surface area contributed by atoms with Gasteiger partial charge >= 0.3 is 163 Å². The van der Waals surface area contributed by atoms with E-state index in [1.165, 1.54) is 22.3 Å². The smallest absolute Gasteiger partial charge is 1.00 e. The third kappa shape index (κ3) is 5.46. The first-order valence-electron chi connectivity index (χ1n) is 9.21. The zero-order chi connectivity index (χ0) is 19.0. The van der Waals surface area contributed by atoms with Crippen LogP contribution in [0.4, 0.5) is 0 Å². The normalized spacial score (nSPS) is 16.3. The molecular formula is C21H32Cl2HfNOSi. The van der Waals surface area contributed by atoms with Crippen LogP contribution in [-0.2, 0) is 20.9 Å². The predicted octanol–water partition coefficient (Wildman–Crippen LogP) is -0.874. The van der Waals surface area contributed by atoms with Crippen LogP contribution in [0.15, 0.2) is 32.2 Å². The molecule has 0 spiro atoms. The standard InChI is InChI=1S/C10H13NO.C9H13.C2H7Si.2ClH.Hf/c1-6-4-7(2)9(10(11)12)8(3)5-6;1-6-5-7(2)9(4)8(6)3;1-3-2;;;/h4-5H,1-3H3,(H2,11,12);6H,1-4H3;3H,1-2H3;2*1H;/q;;;;;+3/p-3. The summed E-state index contributed by atoms with van der Waals surface area (Å²) in [5, 5.41) is 0. The average molecular weight is 592 g/mol. The Morgan fingerprint density at radius 2 is 1.44 bits per heavy atom. The van der Waals surface area contributed by atoms with Crippen molar-refractivity contribution in [3.05, 3.63) is 54.4 Å². The molecule has 0 saturated heterocycles. The fraction of sp³-hybridized carbons (Fsp3) is 0.476. The van der Waals surface area contributed by atoms with Crippen LogP contribution in [0.25, 0.3) is 0 Å². The molecule has 0 fully saturated rings. The average Bonchev–Trinajstić information content (AvgIpc) is 2.68. The maximum Gasteiger partial charge on any atom is -1.00 e. The van der Waals surface area contributed by atoms with E-state index >= 15 is 0 Å². The molecule has 1 amide bonds. The number of rotatable bonds is 4. The Morgan fingerprint density at radius 3 is 1.81 bits per heavy atom. The molecule has 0 aliphatic heterocycles. The van der Waals surface area contributed by atoms with E-state index in [0.717, 1.165) is 16.7 Å². The maximum absolute atomic E-state index is 13.2. The van der Waals surface area contributed by atoms with Gasteiger partial charge in [-0.3, -0.25) is 0 Å². The van der Waals surface area contributed by atoms with Gasteiger partial charge in [0.25, 0.3) is 0 Å². The minimum absolute atomic E-state index is 0. The van der Waals surface area contributed by atoms with Crippen molar-refractivity contribution in [2.75, 3.05) is 0 Å². The number of allylic oxidation sites excluding steroid dienone is 4. The number of amides is 1. The zero-order valence-electron chi connectivity index (χ0n) is 18.0. The van der Waals surface area contributed by atoms with Crippen molar-refractivity contribution in [1.29, 1.82) is 0 Å². The molecule has 0 aromatic heterocycles. The molecule has 0 radical (unpaired) electrons. The van der Waals surface area contributed by atoms with Crippen LogP contribution in [0.3, 0.4) is 0 Å². The van der Waals surface area contributed by atoms with Crippen molar-refractivity contribution in [2.24, 2.45) is 5.92 Å². The Balaban J connectivity index is 0.00000338. The van der Waals surface area contributed by atoms with Crippen LogP contribution in [-0.4, -0.2) is 11.9 Å². The molecule has 0 saturated carbocycles. The number of nitrogens with one attached hydrogen (secondary N) is 1. The number of benzene rings is 1. The number of hydrogen-bond donors (Lipinski definition) is 1. The molecule has 1 aliphatic rings. The monoisotopic (exact) mass is 592 g/mol. The van der Waals surface area contributed by atoms with Gasteiger partial charge in [-0.25, -0.2) is 0 Å². The van der Waals surface area contributed by atoms with Gasteiger partial charge < -0.3 is 24.8 Å². The molecule has 1 aromatic rings. The van der Waals surface area contributed by atoms with Gasteiger partial charge in [-0.05, 0) is 0 Å². The summed E-state index contributed by atoms with van der Waals surface area (Å²) in [5.74, 6) is -0.195. The molecule has 1 aliphatic carbocycles. The zero-order valence-corrected chi connectivity index (χ0v) is 24.2. The van der Waals surface area contributed by atoms with Crippen molar-refractivity contribution < 1.29 is 50.5 Å². The van der Waals surface area contributed by atoms with Crippen LogP contribution < -0.4 is 28.1 Å². The third-order valence-corrected chi connectivity index (χ3v) is 29.8. The Hall–Kier alpha value is -0.163. The van der Waals surface area contributed by atoms with E-state index < -0.39 is 26.9 Å². The third-order valence-electron chi connectivity index (χ3n) is 5.66. The van der Waals surface area contributed by atoms with Crippen molar-refractivity contribution in [2.45, 2.75) is 61.6 Å². The summed E-state index contributed by atoms with van der Waals surface area (Å²) in [6.07, 6.45) is 0. The second kappa shape index (κ2) is 10.6. The molecule has 6 heteroatoms. The van der Waals surface area contributed by atoms with Gasteiger partial charge in [0.1, 0.15) is 0 Å². The van der Waals surface area contributed by atoms with Crippen LogP contribution in [0.5, 0.6) is 0 Å². The van der Waals surface area contributed by atoms with E-state index in [-0.39, 0.29) is 30.7 Å². The molecule has 1 atom stereocenters. The first kappa shape index (κ1) is 26.8. The summed E-state index contributed by atoms with van der Waals surface area (Å²) in [5.41, 5.74) is 8.75. The van der Waals surface area contributed by atoms with Gasteiger partial charge in [-0.15, -0.1) is 0 Å². The fourth-order valence-corrected chi connectivity index (χ4v) is 26.1. The summed E-state index contributed by atoms with van der Waals surface area (Å²) in [6.45, 7) is 20.2. The van der Waals surface area contributed by atoms with E-state index in [0.29, 0.717) is 5.92 Å². The molecule has 0 bridgehead atoms. The second-order valence-corrected chi connectivity index (χ2v) is 33.2. The van der Waals surface area contributed by atoms with Crippen molar-refractivity contribution >= 4 is 11.9 Å². The quantitative estimate of drug-likeness (QED) is 0.454. The summed E-state index contributed by atoms with van der Waals surface area (Å²) in [4.78, 5) is 13.2. The van der Waals surface area contributed by atoms with E-state index in [9.17, 15) is 4.79 Å². The Kier molecular flexibility index (Phi) is 10.5. The summed E-state index contributed by atoms with van der Waals surface area (Å²) >= 11 is -2.34. The number of halogens is 2. The van der Waals surface area contributed by atoms with Crippen molar-refractivity contribution in [3.8, 4) is 0 Å². The summed E-state index contributed by atoms with van der Waals surface area (Å²) in [7, 11) is 0. The Bertz CT molecular complexity index is 763. The molecule has 0 heterocycles. The topological polar surface area (TPSA) is 29.1 Å². The second-order valence-electron chi connectivity index (χ2n) is 7.86.